The van der Waals surface area contributed by atoms with Crippen molar-refractivity contribution >= 4 is 0 Å². The molecule has 0 aliphatic rings. The first-order chi connectivity index (χ1) is 20.7. The van der Waals surface area contributed by atoms with Crippen LogP contribution in [-0.2, 0) is 33.2 Å². The van der Waals surface area contributed by atoms with Gasteiger partial charge >= 0.3 is 0 Å². The van der Waals surface area contributed by atoms with E-state index in [-0.39, 0.29) is 37.4 Å². The number of nitrogens with zero attached hydrogens (tertiary/aromatic N) is 2. The van der Waals surface area contributed by atoms with Crippen molar-refractivity contribution in [2.45, 2.75) is 123 Å². The average molecular weight is 631 g/mol. The minimum atomic E-state index is -0.732. The SMILES string of the molecule is CCC(C)(CCOCC(O)COCCC#N)OCC(C)(C)C(C)(CC)OCCC(C)(C)OCCOCC(O)COCCC#N. The van der Waals surface area contributed by atoms with E-state index in [1.165, 1.54) is 0 Å². The second-order valence-corrected chi connectivity index (χ2v) is 12.9. The summed E-state index contributed by atoms with van der Waals surface area (Å²) in [6.07, 6.45) is 2.18. The van der Waals surface area contributed by atoms with Gasteiger partial charge in [0, 0.05) is 12.0 Å². The maximum absolute atomic E-state index is 9.99. The fourth-order valence-corrected chi connectivity index (χ4v) is 4.10. The summed E-state index contributed by atoms with van der Waals surface area (Å²) in [6, 6.07) is 4.00. The molecule has 0 fully saturated rings. The van der Waals surface area contributed by atoms with Crippen LogP contribution in [-0.4, -0.2) is 112 Å². The summed E-state index contributed by atoms with van der Waals surface area (Å²) in [5, 5.41) is 36.9. The minimum absolute atomic E-state index is 0.141. The molecule has 2 N–H and O–H groups in total. The van der Waals surface area contributed by atoms with E-state index in [1.54, 1.807) is 0 Å². The van der Waals surface area contributed by atoms with E-state index in [0.29, 0.717) is 71.9 Å². The molecule has 4 atom stereocenters. The molecule has 44 heavy (non-hydrogen) atoms. The number of aliphatic hydroxyl groups excluding tert-OH is 2. The maximum atomic E-state index is 9.99. The fourth-order valence-electron chi connectivity index (χ4n) is 4.10. The lowest BCUT2D eigenvalue weighted by molar-refractivity contribution is -0.172. The third-order valence-electron chi connectivity index (χ3n) is 8.21. The highest BCUT2D eigenvalue weighted by Gasteiger charge is 2.42. The highest BCUT2D eigenvalue weighted by molar-refractivity contribution is 4.92. The molecular weight excluding hydrogens is 568 g/mol. The third kappa shape index (κ3) is 19.2. The first-order valence-electron chi connectivity index (χ1n) is 16.0. The molecule has 0 aliphatic carbocycles. The molecule has 0 saturated carbocycles. The van der Waals surface area contributed by atoms with Crippen molar-refractivity contribution in [3.05, 3.63) is 0 Å². The third-order valence-corrected chi connectivity index (χ3v) is 8.21. The van der Waals surface area contributed by atoms with Gasteiger partial charge in [0.15, 0.2) is 0 Å². The van der Waals surface area contributed by atoms with Crippen LogP contribution >= 0.6 is 0 Å². The Morgan fingerprint density at radius 1 is 0.591 bits per heavy atom. The molecular formula is C33H62N2O9. The van der Waals surface area contributed by atoms with E-state index < -0.39 is 23.4 Å². The Morgan fingerprint density at radius 3 is 1.57 bits per heavy atom. The van der Waals surface area contributed by atoms with Crippen LogP contribution in [0.25, 0.3) is 0 Å². The van der Waals surface area contributed by atoms with Crippen LogP contribution in [0.2, 0.25) is 0 Å². The molecule has 0 aromatic carbocycles. The van der Waals surface area contributed by atoms with Gasteiger partial charge in [-0.25, -0.2) is 0 Å². The summed E-state index contributed by atoms with van der Waals surface area (Å²) in [5.41, 5.74) is -1.47. The van der Waals surface area contributed by atoms with Crippen LogP contribution in [0.15, 0.2) is 0 Å². The summed E-state index contributed by atoms with van der Waals surface area (Å²) in [5.74, 6) is 0. The van der Waals surface area contributed by atoms with Crippen LogP contribution < -0.4 is 0 Å². The van der Waals surface area contributed by atoms with Crippen LogP contribution in [0, 0.1) is 28.1 Å². The summed E-state index contributed by atoms with van der Waals surface area (Å²) in [7, 11) is 0. The zero-order valence-corrected chi connectivity index (χ0v) is 28.8. The lowest BCUT2D eigenvalue weighted by Gasteiger charge is -2.45. The Morgan fingerprint density at radius 2 is 1.09 bits per heavy atom. The second kappa shape index (κ2) is 23.0. The molecule has 0 aromatic heterocycles. The molecule has 4 unspecified atom stereocenters. The highest BCUT2D eigenvalue weighted by Crippen LogP contribution is 2.39. The Kier molecular flexibility index (Phi) is 22.3. The van der Waals surface area contributed by atoms with Gasteiger partial charge in [-0.05, 0) is 53.4 Å². The molecule has 0 saturated heterocycles. The van der Waals surface area contributed by atoms with E-state index in [4.69, 9.17) is 43.7 Å². The van der Waals surface area contributed by atoms with Gasteiger partial charge in [0.2, 0.25) is 0 Å². The molecule has 0 aromatic rings. The van der Waals surface area contributed by atoms with Gasteiger partial charge in [-0.15, -0.1) is 0 Å². The first-order valence-corrected chi connectivity index (χ1v) is 16.0. The normalized spacial score (nSPS) is 16.5. The van der Waals surface area contributed by atoms with Crippen molar-refractivity contribution < 1.29 is 43.4 Å². The second-order valence-electron chi connectivity index (χ2n) is 12.9. The largest absolute Gasteiger partial charge is 0.388 e. The summed E-state index contributed by atoms with van der Waals surface area (Å²) in [6.45, 7) is 20.4. The number of hydrogen-bond acceptors (Lipinski definition) is 11. The Hall–Kier alpha value is -1.38. The molecule has 0 heterocycles. The number of hydrogen-bond donors (Lipinski definition) is 2. The maximum Gasteiger partial charge on any atom is 0.101 e. The van der Waals surface area contributed by atoms with Crippen molar-refractivity contribution in [3.63, 3.8) is 0 Å². The zero-order valence-electron chi connectivity index (χ0n) is 28.8. The van der Waals surface area contributed by atoms with Crippen molar-refractivity contribution in [3.8, 4) is 12.1 Å². The number of ether oxygens (including phenoxy) is 7. The van der Waals surface area contributed by atoms with E-state index >= 15 is 0 Å². The smallest absolute Gasteiger partial charge is 0.101 e. The van der Waals surface area contributed by atoms with Gasteiger partial charge < -0.3 is 43.4 Å². The lowest BCUT2D eigenvalue weighted by atomic mass is 9.74. The number of nitriles is 2. The van der Waals surface area contributed by atoms with Gasteiger partial charge in [-0.1, -0.05) is 27.7 Å². The van der Waals surface area contributed by atoms with Gasteiger partial charge in [-0.2, -0.15) is 10.5 Å². The predicted octanol–water partition coefficient (Wildman–Crippen LogP) is 4.57. The van der Waals surface area contributed by atoms with Crippen molar-refractivity contribution in [1.29, 1.82) is 10.5 Å². The highest BCUT2D eigenvalue weighted by atomic mass is 16.6. The van der Waals surface area contributed by atoms with Gasteiger partial charge in [0.05, 0.1) is 108 Å². The number of aliphatic hydroxyl groups is 2. The molecule has 0 bridgehead atoms. The van der Waals surface area contributed by atoms with Crippen LogP contribution in [0.3, 0.4) is 0 Å². The van der Waals surface area contributed by atoms with E-state index in [1.807, 2.05) is 26.0 Å². The topological polar surface area (TPSA) is 153 Å². The Balaban J connectivity index is 4.54. The molecule has 258 valence electrons. The standard InChI is InChI=1S/C33H62N2O9/c1-9-32(7,14-19-40-25-28(36)23-38-17-11-15-34)44-27-30(3,4)33(8,10-2)43-20-13-31(5,6)42-22-21-41-26-29(37)24-39-18-12-16-35/h28-29,36-37H,9-14,17-27H2,1-8H3. The first kappa shape index (κ1) is 42.6. The molecule has 0 radical (unpaired) electrons. The van der Waals surface area contributed by atoms with Crippen LogP contribution in [0.5, 0.6) is 0 Å². The molecule has 0 amide bonds. The summed E-state index contributed by atoms with van der Waals surface area (Å²) < 4.78 is 40.7. The molecule has 11 nitrogen and oxygen atoms in total. The van der Waals surface area contributed by atoms with Crippen LogP contribution in [0.4, 0.5) is 0 Å². The zero-order chi connectivity index (χ0) is 33.5. The summed E-state index contributed by atoms with van der Waals surface area (Å²) >= 11 is 0. The van der Waals surface area contributed by atoms with Gasteiger partial charge in [0.25, 0.3) is 0 Å². The van der Waals surface area contributed by atoms with Crippen molar-refractivity contribution in [1.82, 2.24) is 0 Å². The monoisotopic (exact) mass is 630 g/mol. The quantitative estimate of drug-likeness (QED) is 0.112. The van der Waals surface area contributed by atoms with Crippen LogP contribution in [0.1, 0.15) is 93.9 Å². The van der Waals surface area contributed by atoms with Crippen molar-refractivity contribution in [2.75, 3.05) is 72.7 Å². The Bertz CT molecular complexity index is 814. The lowest BCUT2D eigenvalue weighted by Crippen LogP contribution is -2.49. The van der Waals surface area contributed by atoms with E-state index in [0.717, 1.165) is 12.8 Å². The Labute approximate surface area is 267 Å². The average Bonchev–Trinajstić information content (AvgIpc) is 2.98. The van der Waals surface area contributed by atoms with Crippen molar-refractivity contribution in [2.24, 2.45) is 5.41 Å². The van der Waals surface area contributed by atoms with Gasteiger partial charge in [0.1, 0.15) is 12.2 Å². The predicted molar refractivity (Wildman–Crippen MR) is 168 cm³/mol. The minimum Gasteiger partial charge on any atom is -0.388 e. The van der Waals surface area contributed by atoms with E-state index in [2.05, 4.69) is 41.5 Å². The summed E-state index contributed by atoms with van der Waals surface area (Å²) in [4.78, 5) is 0. The molecule has 11 heteroatoms. The molecule has 0 aliphatic heterocycles. The number of rotatable bonds is 29. The van der Waals surface area contributed by atoms with Gasteiger partial charge in [-0.3, -0.25) is 0 Å². The molecule has 0 rings (SSSR count). The fraction of sp³-hybridized carbons (Fsp3) is 0.939. The molecule has 0 spiro atoms. The van der Waals surface area contributed by atoms with E-state index in [9.17, 15) is 10.2 Å².